The van der Waals surface area contributed by atoms with E-state index in [-0.39, 0.29) is 34.6 Å². The molecule has 11 heteroatoms. The Kier molecular flexibility index (Phi) is 10.0. The molecule has 7 nitrogen and oxygen atoms in total. The van der Waals surface area contributed by atoms with E-state index in [1.807, 2.05) is 54.6 Å². The van der Waals surface area contributed by atoms with Gasteiger partial charge in [0.1, 0.15) is 12.6 Å². The molecule has 0 unspecified atom stereocenters. The standard InChI is InChI=1S/C26H26BrCl2N3O4S/c1-30-26(34)24(14-18-7-4-3-5-8-18)31(16-19-9-6-10-20(27)13-19)25(33)17-32(37(2,35)36)21-11-12-22(28)23(29)15-21/h3-13,15,24H,14,16-17H2,1-2H3,(H,30,34)/t24-/m0/s1. The number of nitrogens with one attached hydrogen (secondary N) is 1. The van der Waals surface area contributed by atoms with Gasteiger partial charge in [-0.3, -0.25) is 13.9 Å². The van der Waals surface area contributed by atoms with Crippen LogP contribution in [0.5, 0.6) is 0 Å². The van der Waals surface area contributed by atoms with Gasteiger partial charge in [-0.15, -0.1) is 0 Å². The van der Waals surface area contributed by atoms with Crippen molar-refractivity contribution in [1.29, 1.82) is 0 Å². The lowest BCUT2D eigenvalue weighted by Gasteiger charge is -2.33. The molecule has 0 bridgehead atoms. The van der Waals surface area contributed by atoms with Gasteiger partial charge in [0.2, 0.25) is 21.8 Å². The summed E-state index contributed by atoms with van der Waals surface area (Å²) in [5.41, 5.74) is 1.81. The second-order valence-corrected chi connectivity index (χ2v) is 12.0. The number of rotatable bonds is 10. The van der Waals surface area contributed by atoms with Gasteiger partial charge in [0.25, 0.3) is 0 Å². The molecule has 3 aromatic rings. The third-order valence-corrected chi connectivity index (χ3v) is 8.00. The predicted molar refractivity (Wildman–Crippen MR) is 151 cm³/mol. The summed E-state index contributed by atoms with van der Waals surface area (Å²) >= 11 is 15.6. The summed E-state index contributed by atoms with van der Waals surface area (Å²) in [7, 11) is -2.39. The SMILES string of the molecule is CNC(=O)[C@H](Cc1ccccc1)N(Cc1cccc(Br)c1)C(=O)CN(c1ccc(Cl)c(Cl)c1)S(C)(=O)=O. The van der Waals surface area contributed by atoms with E-state index in [1.165, 1.54) is 30.1 Å². The Labute approximate surface area is 235 Å². The molecule has 3 rings (SSSR count). The second kappa shape index (κ2) is 12.8. The molecule has 0 heterocycles. The van der Waals surface area contributed by atoms with Crippen LogP contribution < -0.4 is 9.62 Å². The Bertz CT molecular complexity index is 1370. The number of sulfonamides is 1. The van der Waals surface area contributed by atoms with E-state index in [9.17, 15) is 18.0 Å². The zero-order valence-electron chi connectivity index (χ0n) is 20.2. The highest BCUT2D eigenvalue weighted by Crippen LogP contribution is 2.29. The van der Waals surface area contributed by atoms with Crippen LogP contribution in [0.4, 0.5) is 5.69 Å². The van der Waals surface area contributed by atoms with Crippen LogP contribution in [-0.2, 0) is 32.6 Å². The molecule has 37 heavy (non-hydrogen) atoms. The summed E-state index contributed by atoms with van der Waals surface area (Å²) in [6, 6.07) is 20.1. The van der Waals surface area contributed by atoms with Gasteiger partial charge in [-0.2, -0.15) is 0 Å². The first-order chi connectivity index (χ1) is 17.5. The number of hydrogen-bond acceptors (Lipinski definition) is 4. The fourth-order valence-electron chi connectivity index (χ4n) is 3.81. The van der Waals surface area contributed by atoms with Crippen molar-refractivity contribution in [2.45, 2.75) is 19.0 Å². The summed E-state index contributed by atoms with van der Waals surface area (Å²) < 4.78 is 27.2. The molecule has 2 amide bonds. The van der Waals surface area contributed by atoms with E-state index in [2.05, 4.69) is 21.2 Å². The first-order valence-corrected chi connectivity index (χ1v) is 14.6. The lowest BCUT2D eigenvalue weighted by molar-refractivity contribution is -0.139. The smallest absolute Gasteiger partial charge is 0.244 e. The van der Waals surface area contributed by atoms with Crippen LogP contribution >= 0.6 is 39.1 Å². The van der Waals surface area contributed by atoms with Crippen LogP contribution in [0.25, 0.3) is 0 Å². The zero-order valence-corrected chi connectivity index (χ0v) is 24.1. The maximum atomic E-state index is 13.8. The van der Waals surface area contributed by atoms with Crippen molar-refractivity contribution >= 4 is 66.7 Å². The van der Waals surface area contributed by atoms with Crippen LogP contribution in [0.1, 0.15) is 11.1 Å². The minimum atomic E-state index is -3.89. The molecule has 0 radical (unpaired) electrons. The van der Waals surface area contributed by atoms with Crippen LogP contribution in [0.2, 0.25) is 10.0 Å². The Hall–Kier alpha value is -2.59. The Morgan fingerprint density at radius 2 is 1.62 bits per heavy atom. The van der Waals surface area contributed by atoms with Gasteiger partial charge in [-0.1, -0.05) is 81.6 Å². The van der Waals surface area contributed by atoms with Crippen molar-refractivity contribution < 1.29 is 18.0 Å². The number of likely N-dealkylation sites (N-methyl/N-ethyl adjacent to an activating group) is 1. The Morgan fingerprint density at radius 3 is 2.22 bits per heavy atom. The van der Waals surface area contributed by atoms with Crippen LogP contribution in [0, 0.1) is 0 Å². The third-order valence-electron chi connectivity index (χ3n) is 5.63. The molecule has 3 aromatic carbocycles. The second-order valence-electron chi connectivity index (χ2n) is 8.34. The summed E-state index contributed by atoms with van der Waals surface area (Å²) in [6.07, 6.45) is 1.24. The number of hydrogen-bond donors (Lipinski definition) is 1. The summed E-state index contributed by atoms with van der Waals surface area (Å²) in [4.78, 5) is 28.3. The molecule has 0 saturated heterocycles. The van der Waals surface area contributed by atoms with Crippen LogP contribution in [-0.4, -0.2) is 51.0 Å². The van der Waals surface area contributed by atoms with Gasteiger partial charge >= 0.3 is 0 Å². The van der Waals surface area contributed by atoms with E-state index in [1.54, 1.807) is 0 Å². The lowest BCUT2D eigenvalue weighted by Crippen LogP contribution is -2.52. The molecule has 0 aliphatic heterocycles. The van der Waals surface area contributed by atoms with E-state index < -0.39 is 28.5 Å². The van der Waals surface area contributed by atoms with E-state index in [0.717, 1.165) is 26.2 Å². The first kappa shape index (κ1) is 29.0. The van der Waals surface area contributed by atoms with Crippen molar-refractivity contribution in [1.82, 2.24) is 10.2 Å². The molecular formula is C26H26BrCl2N3O4S. The number of carbonyl (C=O) groups is 2. The minimum Gasteiger partial charge on any atom is -0.357 e. The number of nitrogens with zero attached hydrogens (tertiary/aromatic N) is 2. The first-order valence-electron chi connectivity index (χ1n) is 11.2. The van der Waals surface area contributed by atoms with Gasteiger partial charge in [0.15, 0.2) is 0 Å². The van der Waals surface area contributed by atoms with Crippen molar-refractivity contribution in [2.24, 2.45) is 0 Å². The molecule has 196 valence electrons. The van der Waals surface area contributed by atoms with Gasteiger partial charge in [0, 0.05) is 24.5 Å². The third kappa shape index (κ3) is 7.95. The molecule has 0 aromatic heterocycles. The monoisotopic (exact) mass is 625 g/mol. The van der Waals surface area contributed by atoms with Crippen LogP contribution in [0.3, 0.4) is 0 Å². The van der Waals surface area contributed by atoms with Gasteiger partial charge in [0.05, 0.1) is 22.0 Å². The Balaban J connectivity index is 2.04. The minimum absolute atomic E-state index is 0.0855. The van der Waals surface area contributed by atoms with Gasteiger partial charge in [-0.25, -0.2) is 8.42 Å². The molecule has 1 N–H and O–H groups in total. The van der Waals surface area contributed by atoms with E-state index in [0.29, 0.717) is 0 Å². The largest absolute Gasteiger partial charge is 0.357 e. The number of amides is 2. The quantitative estimate of drug-likeness (QED) is 0.347. The topological polar surface area (TPSA) is 86.8 Å². The molecule has 0 spiro atoms. The molecule has 0 saturated carbocycles. The number of anilines is 1. The molecular weight excluding hydrogens is 601 g/mol. The number of halogens is 3. The van der Waals surface area contributed by atoms with E-state index in [4.69, 9.17) is 23.2 Å². The van der Waals surface area contributed by atoms with Gasteiger partial charge < -0.3 is 10.2 Å². The maximum Gasteiger partial charge on any atom is 0.244 e. The zero-order chi connectivity index (χ0) is 27.2. The molecule has 0 aliphatic rings. The fourth-order valence-corrected chi connectivity index (χ4v) is 5.39. The highest BCUT2D eigenvalue weighted by atomic mass is 79.9. The van der Waals surface area contributed by atoms with Crippen molar-refractivity contribution in [3.63, 3.8) is 0 Å². The van der Waals surface area contributed by atoms with Crippen molar-refractivity contribution in [3.8, 4) is 0 Å². The van der Waals surface area contributed by atoms with E-state index >= 15 is 0 Å². The molecule has 1 atom stereocenters. The lowest BCUT2D eigenvalue weighted by atomic mass is 10.0. The highest BCUT2D eigenvalue weighted by Gasteiger charge is 2.32. The average Bonchev–Trinajstić information content (AvgIpc) is 2.86. The predicted octanol–water partition coefficient (Wildman–Crippen LogP) is 4.91. The average molecular weight is 627 g/mol. The van der Waals surface area contributed by atoms with Gasteiger partial charge in [-0.05, 0) is 41.5 Å². The normalized spacial score (nSPS) is 12.0. The Morgan fingerprint density at radius 1 is 0.946 bits per heavy atom. The molecule has 0 aliphatic carbocycles. The summed E-state index contributed by atoms with van der Waals surface area (Å²) in [6.45, 7) is -0.449. The number of benzene rings is 3. The highest BCUT2D eigenvalue weighted by molar-refractivity contribution is 9.10. The van der Waals surface area contributed by atoms with Crippen molar-refractivity contribution in [3.05, 3.63) is 98.4 Å². The summed E-state index contributed by atoms with van der Waals surface area (Å²) in [5, 5.41) is 3.05. The number of carbonyl (C=O) groups excluding carboxylic acids is 2. The van der Waals surface area contributed by atoms with Crippen LogP contribution in [0.15, 0.2) is 77.3 Å². The summed E-state index contributed by atoms with van der Waals surface area (Å²) in [5.74, 6) is -0.923. The van der Waals surface area contributed by atoms with Crippen molar-refractivity contribution in [2.75, 3.05) is 24.2 Å². The maximum absolute atomic E-state index is 13.8. The molecule has 0 fully saturated rings. The fraction of sp³-hybridized carbons (Fsp3) is 0.231.